The summed E-state index contributed by atoms with van der Waals surface area (Å²) in [5.41, 5.74) is 1.03. The zero-order valence-electron chi connectivity index (χ0n) is 10.1. The van der Waals surface area contributed by atoms with E-state index in [9.17, 15) is 9.59 Å². The minimum absolute atomic E-state index is 0.165. The monoisotopic (exact) mass is 278 g/mol. The SMILES string of the molecule is CN=C(CC(=O)c1c[nH]c2ccc(Cl)cc12)C(=O)O. The lowest BCUT2D eigenvalue weighted by Gasteiger charge is -2.00. The number of H-pyrrole nitrogens is 1. The van der Waals surface area contributed by atoms with Crippen LogP contribution in [-0.2, 0) is 4.79 Å². The first kappa shape index (κ1) is 13.3. The molecule has 5 nitrogen and oxygen atoms in total. The maximum atomic E-state index is 12.1. The molecular formula is C13H11ClN2O3. The van der Waals surface area contributed by atoms with Crippen molar-refractivity contribution < 1.29 is 14.7 Å². The molecule has 0 amide bonds. The van der Waals surface area contributed by atoms with Gasteiger partial charge in [0.15, 0.2) is 5.78 Å². The lowest BCUT2D eigenvalue weighted by Crippen LogP contribution is -2.17. The third-order valence-corrected chi connectivity index (χ3v) is 3.02. The summed E-state index contributed by atoms with van der Waals surface area (Å²) >= 11 is 5.89. The van der Waals surface area contributed by atoms with Gasteiger partial charge in [0.1, 0.15) is 5.71 Å². The molecule has 0 aliphatic rings. The minimum Gasteiger partial charge on any atom is -0.477 e. The molecule has 2 aromatic rings. The van der Waals surface area contributed by atoms with Crippen LogP contribution in [0.15, 0.2) is 29.4 Å². The molecule has 98 valence electrons. The van der Waals surface area contributed by atoms with E-state index in [4.69, 9.17) is 16.7 Å². The van der Waals surface area contributed by atoms with Crippen LogP contribution < -0.4 is 0 Å². The van der Waals surface area contributed by atoms with Crippen LogP contribution >= 0.6 is 11.6 Å². The topological polar surface area (TPSA) is 82.5 Å². The molecule has 0 radical (unpaired) electrons. The molecule has 2 N–H and O–H groups in total. The van der Waals surface area contributed by atoms with Crippen molar-refractivity contribution in [2.24, 2.45) is 4.99 Å². The molecule has 2 rings (SSSR count). The maximum absolute atomic E-state index is 12.1. The van der Waals surface area contributed by atoms with Crippen LogP contribution in [0.25, 0.3) is 10.9 Å². The van der Waals surface area contributed by atoms with Crippen LogP contribution in [0, 0.1) is 0 Å². The number of nitrogens with zero attached hydrogens (tertiary/aromatic N) is 1. The van der Waals surface area contributed by atoms with Crippen LogP contribution in [0.3, 0.4) is 0 Å². The highest BCUT2D eigenvalue weighted by Crippen LogP contribution is 2.23. The van der Waals surface area contributed by atoms with Crippen molar-refractivity contribution in [1.29, 1.82) is 0 Å². The standard InChI is InChI=1S/C13H11ClN2O3/c1-15-11(13(18)19)5-12(17)9-6-16-10-3-2-7(14)4-8(9)10/h2-4,6,16H,5H2,1H3,(H,18,19). The number of carbonyl (C=O) groups excluding carboxylic acids is 1. The molecule has 1 aromatic heterocycles. The number of carbonyl (C=O) groups is 2. The Morgan fingerprint density at radius 3 is 2.79 bits per heavy atom. The number of aromatic nitrogens is 1. The second kappa shape index (κ2) is 5.24. The molecule has 6 heteroatoms. The van der Waals surface area contributed by atoms with Gasteiger partial charge >= 0.3 is 5.97 Å². The summed E-state index contributed by atoms with van der Waals surface area (Å²) in [5, 5.41) is 10.1. The lowest BCUT2D eigenvalue weighted by molar-refractivity contribution is -0.129. The van der Waals surface area contributed by atoms with Gasteiger partial charge in [-0.2, -0.15) is 0 Å². The van der Waals surface area contributed by atoms with Crippen molar-refractivity contribution >= 4 is 40.0 Å². The number of rotatable bonds is 4. The Morgan fingerprint density at radius 2 is 2.16 bits per heavy atom. The van der Waals surface area contributed by atoms with Crippen LogP contribution in [0.2, 0.25) is 5.02 Å². The number of ketones is 1. The molecule has 0 aliphatic carbocycles. The van der Waals surface area contributed by atoms with E-state index in [0.29, 0.717) is 16.0 Å². The Balaban J connectivity index is 2.37. The predicted octanol–water partition coefficient (Wildman–Crippen LogP) is 2.55. The number of hydrogen-bond donors (Lipinski definition) is 2. The summed E-state index contributed by atoms with van der Waals surface area (Å²) in [4.78, 5) is 29.5. The first-order valence-electron chi connectivity index (χ1n) is 5.51. The molecule has 0 fully saturated rings. The Hall–Kier alpha value is -2.14. The van der Waals surface area contributed by atoms with E-state index in [1.54, 1.807) is 24.4 Å². The molecule has 1 aromatic carbocycles. The summed E-state index contributed by atoms with van der Waals surface area (Å²) in [6.07, 6.45) is 1.31. The predicted molar refractivity (Wildman–Crippen MR) is 73.3 cm³/mol. The first-order chi connectivity index (χ1) is 9.02. The van der Waals surface area contributed by atoms with Gasteiger partial charge in [0.25, 0.3) is 0 Å². The van der Waals surface area contributed by atoms with Crippen LogP contribution in [-0.4, -0.2) is 34.6 Å². The van der Waals surface area contributed by atoms with E-state index in [0.717, 1.165) is 5.52 Å². The number of benzene rings is 1. The number of halogens is 1. The number of carboxylic acids is 1. The number of aromatic amines is 1. The second-order valence-corrected chi connectivity index (χ2v) is 4.40. The largest absolute Gasteiger partial charge is 0.477 e. The zero-order valence-corrected chi connectivity index (χ0v) is 10.9. The van der Waals surface area contributed by atoms with Crippen molar-refractivity contribution in [3.05, 3.63) is 35.0 Å². The van der Waals surface area contributed by atoms with E-state index in [2.05, 4.69) is 9.98 Å². The molecule has 0 unspecified atom stereocenters. The van der Waals surface area contributed by atoms with Gasteiger partial charge in [0.2, 0.25) is 0 Å². The summed E-state index contributed by atoms with van der Waals surface area (Å²) in [6, 6.07) is 5.15. The summed E-state index contributed by atoms with van der Waals surface area (Å²) in [7, 11) is 1.35. The van der Waals surface area contributed by atoms with Gasteiger partial charge in [-0.05, 0) is 18.2 Å². The van der Waals surface area contributed by atoms with Gasteiger partial charge in [0.05, 0.1) is 6.42 Å². The lowest BCUT2D eigenvalue weighted by atomic mass is 10.0. The summed E-state index contributed by atoms with van der Waals surface area (Å²) in [5.74, 6) is -1.50. The minimum atomic E-state index is -1.19. The Kier molecular flexibility index (Phi) is 3.66. The van der Waals surface area contributed by atoms with Gasteiger partial charge in [-0.15, -0.1) is 0 Å². The normalized spacial score (nSPS) is 11.8. The van der Waals surface area contributed by atoms with E-state index in [-0.39, 0.29) is 17.9 Å². The number of nitrogens with one attached hydrogen (secondary N) is 1. The maximum Gasteiger partial charge on any atom is 0.350 e. The molecule has 0 atom stereocenters. The van der Waals surface area contributed by atoms with Gasteiger partial charge in [0, 0.05) is 34.7 Å². The van der Waals surface area contributed by atoms with E-state index in [1.165, 1.54) is 7.05 Å². The van der Waals surface area contributed by atoms with Gasteiger partial charge in [-0.25, -0.2) is 4.79 Å². The molecule has 19 heavy (non-hydrogen) atoms. The first-order valence-corrected chi connectivity index (χ1v) is 5.89. The third-order valence-electron chi connectivity index (χ3n) is 2.79. The number of Topliss-reactive ketones (excluding diaryl/α,β-unsaturated/α-hetero) is 1. The van der Waals surface area contributed by atoms with Gasteiger partial charge in [-0.3, -0.25) is 9.79 Å². The summed E-state index contributed by atoms with van der Waals surface area (Å²) in [6.45, 7) is 0. The average Bonchev–Trinajstić information content (AvgIpc) is 2.78. The highest BCUT2D eigenvalue weighted by Gasteiger charge is 2.18. The number of fused-ring (bicyclic) bond motifs is 1. The smallest absolute Gasteiger partial charge is 0.350 e. The quantitative estimate of drug-likeness (QED) is 0.666. The van der Waals surface area contributed by atoms with Crippen molar-refractivity contribution in [2.45, 2.75) is 6.42 Å². The number of aliphatic carboxylic acids is 1. The van der Waals surface area contributed by atoms with E-state index < -0.39 is 5.97 Å². The zero-order chi connectivity index (χ0) is 14.0. The second-order valence-electron chi connectivity index (χ2n) is 3.97. The molecule has 1 heterocycles. The fourth-order valence-electron chi connectivity index (χ4n) is 1.82. The van der Waals surface area contributed by atoms with Crippen molar-refractivity contribution in [3.63, 3.8) is 0 Å². The number of hydrogen-bond acceptors (Lipinski definition) is 3. The molecular weight excluding hydrogens is 268 g/mol. The van der Waals surface area contributed by atoms with E-state index in [1.807, 2.05) is 0 Å². The van der Waals surface area contributed by atoms with Crippen molar-refractivity contribution in [3.8, 4) is 0 Å². The molecule has 0 bridgehead atoms. The van der Waals surface area contributed by atoms with Crippen molar-refractivity contribution in [2.75, 3.05) is 7.05 Å². The molecule has 0 saturated carbocycles. The van der Waals surface area contributed by atoms with Crippen molar-refractivity contribution in [1.82, 2.24) is 4.98 Å². The van der Waals surface area contributed by atoms with Gasteiger partial charge in [-0.1, -0.05) is 11.6 Å². The highest BCUT2D eigenvalue weighted by molar-refractivity contribution is 6.40. The van der Waals surface area contributed by atoms with E-state index >= 15 is 0 Å². The molecule has 0 spiro atoms. The Morgan fingerprint density at radius 1 is 1.42 bits per heavy atom. The fourth-order valence-corrected chi connectivity index (χ4v) is 1.99. The van der Waals surface area contributed by atoms with Crippen LogP contribution in [0.1, 0.15) is 16.8 Å². The average molecular weight is 279 g/mol. The van der Waals surface area contributed by atoms with Crippen LogP contribution in [0.4, 0.5) is 0 Å². The highest BCUT2D eigenvalue weighted by atomic mass is 35.5. The molecule has 0 saturated heterocycles. The van der Waals surface area contributed by atoms with Crippen LogP contribution in [0.5, 0.6) is 0 Å². The summed E-state index contributed by atoms with van der Waals surface area (Å²) < 4.78 is 0. The Bertz CT molecular complexity index is 688. The third kappa shape index (κ3) is 2.66. The Labute approximate surface area is 113 Å². The van der Waals surface area contributed by atoms with Gasteiger partial charge < -0.3 is 10.1 Å². The fraction of sp³-hybridized carbons (Fsp3) is 0.154. The number of carboxylic acid groups (broad SMARTS) is 1. The molecule has 0 aliphatic heterocycles. The number of aliphatic imine (C=N–C) groups is 1.